The van der Waals surface area contributed by atoms with Crippen molar-refractivity contribution in [3.05, 3.63) is 11.3 Å². The van der Waals surface area contributed by atoms with Crippen molar-refractivity contribution in [1.82, 2.24) is 0 Å². The fraction of sp³-hybridized carbons (Fsp3) is 0.750. The number of allylic oxidation sites excluding steroid dienone is 2. The van der Waals surface area contributed by atoms with Crippen LogP contribution in [-0.4, -0.2) is 6.21 Å². The maximum Gasteiger partial charge on any atom is 0.0392 e. The molecule has 1 atom stereocenters. The van der Waals surface area contributed by atoms with Gasteiger partial charge in [0, 0.05) is 11.9 Å². The highest BCUT2D eigenvalue weighted by atomic mass is 14.8. The van der Waals surface area contributed by atoms with Crippen molar-refractivity contribution in [3.8, 4) is 0 Å². The highest BCUT2D eigenvalue weighted by Gasteiger charge is 2.30. The minimum absolute atomic E-state index is 0.408. The average Bonchev–Trinajstić information content (AvgIpc) is 2.43. The first kappa shape index (κ1) is 8.98. The summed E-state index contributed by atoms with van der Waals surface area (Å²) in [6.45, 7) is 7.00. The summed E-state index contributed by atoms with van der Waals surface area (Å²) < 4.78 is 0. The molecular formula is C12H19N. The Labute approximate surface area is 80.9 Å². The van der Waals surface area contributed by atoms with E-state index in [1.54, 1.807) is 5.57 Å². The largest absolute Gasteiger partial charge is 0.265 e. The molecule has 0 aromatic carbocycles. The van der Waals surface area contributed by atoms with E-state index in [-0.39, 0.29) is 0 Å². The normalized spacial score (nSPS) is 31.8. The van der Waals surface area contributed by atoms with Gasteiger partial charge in [-0.3, -0.25) is 4.99 Å². The maximum absolute atomic E-state index is 4.62. The fourth-order valence-corrected chi connectivity index (χ4v) is 2.25. The second-order valence-corrected chi connectivity index (χ2v) is 5.14. The minimum atomic E-state index is 0.408. The van der Waals surface area contributed by atoms with Crippen LogP contribution in [0.15, 0.2) is 16.3 Å². The van der Waals surface area contributed by atoms with E-state index in [0.29, 0.717) is 11.3 Å². The van der Waals surface area contributed by atoms with E-state index in [2.05, 4.69) is 32.0 Å². The molecule has 0 aromatic rings. The van der Waals surface area contributed by atoms with Gasteiger partial charge in [0.1, 0.15) is 0 Å². The summed E-state index contributed by atoms with van der Waals surface area (Å²) >= 11 is 0. The zero-order valence-corrected chi connectivity index (χ0v) is 8.93. The van der Waals surface area contributed by atoms with Crippen molar-refractivity contribution in [2.75, 3.05) is 0 Å². The second-order valence-electron chi connectivity index (χ2n) is 5.14. The van der Waals surface area contributed by atoms with Crippen molar-refractivity contribution in [2.24, 2.45) is 16.3 Å². The lowest BCUT2D eigenvalue weighted by Crippen LogP contribution is -2.22. The Balaban J connectivity index is 2.30. The number of rotatable bonds is 0. The molecular weight excluding hydrogens is 158 g/mol. The lowest BCUT2D eigenvalue weighted by Gasteiger charge is -2.28. The van der Waals surface area contributed by atoms with Gasteiger partial charge in [-0.25, -0.2) is 0 Å². The zero-order chi connectivity index (χ0) is 9.47. The Bertz CT molecular complexity index is 271. The van der Waals surface area contributed by atoms with Crippen molar-refractivity contribution in [3.63, 3.8) is 0 Å². The van der Waals surface area contributed by atoms with Crippen molar-refractivity contribution < 1.29 is 0 Å². The molecule has 1 heteroatoms. The Morgan fingerprint density at radius 1 is 1.38 bits per heavy atom. The van der Waals surface area contributed by atoms with Gasteiger partial charge >= 0.3 is 0 Å². The van der Waals surface area contributed by atoms with E-state index in [0.717, 1.165) is 0 Å². The van der Waals surface area contributed by atoms with Crippen LogP contribution in [0.3, 0.4) is 0 Å². The molecule has 1 aliphatic carbocycles. The van der Waals surface area contributed by atoms with Gasteiger partial charge in [0.2, 0.25) is 0 Å². The van der Waals surface area contributed by atoms with Crippen LogP contribution < -0.4 is 0 Å². The van der Waals surface area contributed by atoms with E-state index in [9.17, 15) is 0 Å². The van der Waals surface area contributed by atoms with Gasteiger partial charge in [0.15, 0.2) is 0 Å². The third-order valence-corrected chi connectivity index (χ3v) is 3.66. The molecule has 0 N–H and O–H groups in total. The molecule has 2 rings (SSSR count). The number of hydrogen-bond donors (Lipinski definition) is 0. The predicted octanol–water partition coefficient (Wildman–Crippen LogP) is 3.56. The summed E-state index contributed by atoms with van der Waals surface area (Å²) in [6.07, 6.45) is 7.25. The summed E-state index contributed by atoms with van der Waals surface area (Å²) in [6, 6.07) is 0. The molecule has 1 nitrogen and oxygen atoms in total. The van der Waals surface area contributed by atoms with Gasteiger partial charge in [-0.15, -0.1) is 0 Å². The van der Waals surface area contributed by atoms with Crippen LogP contribution in [-0.2, 0) is 0 Å². The van der Waals surface area contributed by atoms with Gasteiger partial charge < -0.3 is 0 Å². The SMILES string of the molecule is CC1C=NC2=C(CCC2)CC1(C)C. The Hall–Kier alpha value is -0.590. The standard InChI is InChI=1S/C12H19N/c1-9-8-13-11-6-4-5-10(11)7-12(9,2)3/h8-9H,4-7H2,1-3H3. The number of hydrogen-bond acceptors (Lipinski definition) is 1. The first-order chi connectivity index (χ1) is 6.09. The molecule has 0 radical (unpaired) electrons. The van der Waals surface area contributed by atoms with E-state index in [1.807, 2.05) is 0 Å². The molecule has 13 heavy (non-hydrogen) atoms. The van der Waals surface area contributed by atoms with Crippen LogP contribution in [0.1, 0.15) is 46.5 Å². The molecule has 2 aliphatic rings. The third kappa shape index (κ3) is 1.56. The fourth-order valence-electron chi connectivity index (χ4n) is 2.25. The predicted molar refractivity (Wildman–Crippen MR) is 56.9 cm³/mol. The summed E-state index contributed by atoms with van der Waals surface area (Å²) in [4.78, 5) is 4.62. The van der Waals surface area contributed by atoms with E-state index in [4.69, 9.17) is 0 Å². The summed E-state index contributed by atoms with van der Waals surface area (Å²) in [5, 5.41) is 0. The first-order valence-electron chi connectivity index (χ1n) is 5.35. The van der Waals surface area contributed by atoms with Gasteiger partial charge in [-0.2, -0.15) is 0 Å². The van der Waals surface area contributed by atoms with Crippen molar-refractivity contribution in [2.45, 2.75) is 46.5 Å². The third-order valence-electron chi connectivity index (χ3n) is 3.66. The van der Waals surface area contributed by atoms with Crippen LogP contribution in [0.4, 0.5) is 0 Å². The molecule has 0 fully saturated rings. The molecule has 0 amide bonds. The van der Waals surface area contributed by atoms with Crippen LogP contribution in [0.25, 0.3) is 0 Å². The maximum atomic E-state index is 4.62. The molecule has 0 spiro atoms. The molecule has 0 saturated carbocycles. The zero-order valence-electron chi connectivity index (χ0n) is 8.93. The summed E-state index contributed by atoms with van der Waals surface area (Å²) in [7, 11) is 0. The summed E-state index contributed by atoms with van der Waals surface area (Å²) in [5.41, 5.74) is 3.44. The van der Waals surface area contributed by atoms with Gasteiger partial charge in [0.05, 0.1) is 0 Å². The van der Waals surface area contributed by atoms with E-state index < -0.39 is 0 Å². The Morgan fingerprint density at radius 2 is 2.15 bits per heavy atom. The van der Waals surface area contributed by atoms with Crippen molar-refractivity contribution in [1.29, 1.82) is 0 Å². The van der Waals surface area contributed by atoms with Crippen LogP contribution >= 0.6 is 0 Å². The molecule has 0 bridgehead atoms. The lowest BCUT2D eigenvalue weighted by atomic mass is 9.76. The molecule has 0 aromatic heterocycles. The van der Waals surface area contributed by atoms with E-state index in [1.165, 1.54) is 31.4 Å². The quantitative estimate of drug-likeness (QED) is 0.536. The molecule has 1 heterocycles. The molecule has 1 aliphatic heterocycles. The lowest BCUT2D eigenvalue weighted by molar-refractivity contribution is 0.295. The van der Waals surface area contributed by atoms with Crippen molar-refractivity contribution >= 4 is 6.21 Å². The van der Waals surface area contributed by atoms with Gasteiger partial charge in [-0.1, -0.05) is 20.8 Å². The first-order valence-corrected chi connectivity index (χ1v) is 5.35. The monoisotopic (exact) mass is 177 g/mol. The summed E-state index contributed by atoms with van der Waals surface area (Å²) in [5.74, 6) is 0.609. The molecule has 0 saturated heterocycles. The average molecular weight is 177 g/mol. The van der Waals surface area contributed by atoms with Gasteiger partial charge in [0.25, 0.3) is 0 Å². The number of nitrogens with zero attached hydrogens (tertiary/aromatic N) is 1. The minimum Gasteiger partial charge on any atom is -0.265 e. The smallest absolute Gasteiger partial charge is 0.0392 e. The highest BCUT2D eigenvalue weighted by Crippen LogP contribution is 2.41. The Kier molecular flexibility index (Phi) is 2.05. The molecule has 1 unspecified atom stereocenters. The Morgan fingerprint density at radius 3 is 2.92 bits per heavy atom. The van der Waals surface area contributed by atoms with E-state index >= 15 is 0 Å². The van der Waals surface area contributed by atoms with Crippen LogP contribution in [0.2, 0.25) is 0 Å². The van der Waals surface area contributed by atoms with Crippen LogP contribution in [0, 0.1) is 11.3 Å². The number of aliphatic imine (C=N–C) groups is 1. The van der Waals surface area contributed by atoms with Crippen LogP contribution in [0.5, 0.6) is 0 Å². The highest BCUT2D eigenvalue weighted by molar-refractivity contribution is 5.64. The second kappa shape index (κ2) is 2.97. The molecule has 72 valence electrons. The van der Waals surface area contributed by atoms with Gasteiger partial charge in [-0.05, 0) is 42.6 Å². The topological polar surface area (TPSA) is 12.4 Å².